The third-order valence-electron chi connectivity index (χ3n) is 11.4. The molecule has 4 aromatic carbocycles. The summed E-state index contributed by atoms with van der Waals surface area (Å²) in [4.78, 5) is 31.6. The van der Waals surface area contributed by atoms with Gasteiger partial charge in [0, 0.05) is 96.7 Å². The number of rotatable bonds is 6. The molecule has 0 amide bonds. The molecule has 0 atom stereocenters. The minimum absolute atomic E-state index is 0. The number of hydrogen-bond acceptors (Lipinski definition) is 11. The Morgan fingerprint density at radius 2 is 0.750 bits per heavy atom. The fraction of sp³-hybridized carbons (Fsp3) is 0.241. The van der Waals surface area contributed by atoms with E-state index in [0.29, 0.717) is 0 Å². The number of aryl methyl sites for hydroxylation is 2. The third-order valence-corrected chi connectivity index (χ3v) is 12.4. The summed E-state index contributed by atoms with van der Waals surface area (Å²) in [5, 5.41) is 10.1. The smallest absolute Gasteiger partial charge is 0.850 e. The average molecular weight is 1100 g/mol. The third kappa shape index (κ3) is 16.1. The van der Waals surface area contributed by atoms with Gasteiger partial charge in [0.25, 0.3) is 0 Å². The van der Waals surface area contributed by atoms with Crippen LogP contribution in [0.25, 0.3) is 0 Å². The van der Waals surface area contributed by atoms with Gasteiger partial charge >= 0.3 is 29.6 Å². The molecule has 0 saturated heterocycles. The maximum Gasteiger partial charge on any atom is 1.00 e. The van der Waals surface area contributed by atoms with E-state index in [0.717, 1.165) is 102 Å². The molecule has 0 fully saturated rings. The average Bonchev–Trinajstić information content (AvgIpc) is 3.39. The van der Waals surface area contributed by atoms with Crippen molar-refractivity contribution in [3.63, 3.8) is 0 Å². The van der Waals surface area contributed by atoms with E-state index in [1.165, 1.54) is 0 Å². The first-order valence-corrected chi connectivity index (χ1v) is 25.2. The Bertz CT molecular complexity index is 2610. The number of hydrogen-bond donors (Lipinski definition) is 0. The maximum absolute atomic E-state index is 10.1. The summed E-state index contributed by atoms with van der Waals surface area (Å²) in [6.45, 7) is 9.12. The molecule has 8 bridgehead atoms. The van der Waals surface area contributed by atoms with Crippen molar-refractivity contribution in [2.75, 3.05) is 71.7 Å². The van der Waals surface area contributed by atoms with Gasteiger partial charge in [-0.15, -0.1) is 5.60 Å². The molecular weight excluding hydrogens is 1040 g/mol. The number of aromatic nitrogens is 4. The Morgan fingerprint density at radius 1 is 0.431 bits per heavy atom. The molecule has 368 valence electrons. The van der Waals surface area contributed by atoms with Crippen LogP contribution in [0.1, 0.15) is 46.0 Å². The molecule has 0 spiro atoms. The fourth-order valence-corrected chi connectivity index (χ4v) is 8.03. The van der Waals surface area contributed by atoms with Gasteiger partial charge in [-0.2, -0.15) is 0 Å². The number of fused-ring (bicyclic) bond motifs is 8. The van der Waals surface area contributed by atoms with Crippen LogP contribution in [0.15, 0.2) is 179 Å². The number of pyridine rings is 4. The first-order valence-electron chi connectivity index (χ1n) is 23.6. The van der Waals surface area contributed by atoms with Crippen LogP contribution in [0.5, 0.6) is 0 Å². The van der Waals surface area contributed by atoms with Crippen molar-refractivity contribution >= 4 is 101 Å². The predicted molar refractivity (Wildman–Crippen MR) is 305 cm³/mol. The number of anilines is 12. The summed E-state index contributed by atoms with van der Waals surface area (Å²) >= 11 is 6.96. The van der Waals surface area contributed by atoms with Gasteiger partial charge in [0.15, 0.2) is 0 Å². The van der Waals surface area contributed by atoms with E-state index in [1.807, 2.05) is 135 Å². The van der Waals surface area contributed by atoms with E-state index in [9.17, 15) is 5.11 Å². The minimum Gasteiger partial charge on any atom is -0.850 e. The molecule has 0 unspecified atom stereocenters. The SMILES string of the molecule is CC(C)(C)[O-].CCc1cccc(N(C)c2cccc(CC)n2)n1.CN(c1cccc(Br)c1)c1cccc(Br)c1.CN1c2cccc(c2)N(C)c2cccc(n2)N(C)c2cccc(n2)N(C)c2cccc1c2.[Na+]. The maximum atomic E-state index is 10.1. The molecule has 5 heterocycles. The van der Waals surface area contributed by atoms with Gasteiger partial charge in [0.2, 0.25) is 0 Å². The first-order chi connectivity index (χ1) is 33.9. The van der Waals surface area contributed by atoms with Crippen LogP contribution in [0.4, 0.5) is 69.0 Å². The Kier molecular flexibility index (Phi) is 21.2. The van der Waals surface area contributed by atoms with Crippen molar-refractivity contribution in [2.45, 2.75) is 53.1 Å². The summed E-state index contributed by atoms with van der Waals surface area (Å²) in [6.07, 6.45) is 1.90. The zero-order valence-electron chi connectivity index (χ0n) is 43.7. The standard InChI is InChI=1S/C26H26N6.C15H19N3.C13H11Br2N.C4H9O.Na/c1-29-19-9-5-11-21(17-19)30(2)23-13-7-15-25(27-23)32(4)26-16-8-14-24(28-26)31(3)22-12-6-10-20(29)18-22;1-4-12-8-6-10-14(16-12)18(3)15-11-7-9-13(5-2)17-15;1-16(12-6-2-4-10(14)8-12)13-7-3-5-11(15)9-13;1-4(2,3)5;/h5-18H,1-4H3;6-11H,4-5H2,1-3H3;2-9H,1H3;1-3H3;/q;;;-1;+1. The molecule has 72 heavy (non-hydrogen) atoms. The Balaban J connectivity index is 0.000000205. The molecule has 11 nitrogen and oxygen atoms in total. The van der Waals surface area contributed by atoms with Gasteiger partial charge in [0.05, 0.1) is 0 Å². The predicted octanol–water partition coefficient (Wildman–Crippen LogP) is 11.4. The normalized spacial score (nSPS) is 11.6. The molecule has 14 heteroatoms. The Labute approximate surface area is 466 Å². The summed E-state index contributed by atoms with van der Waals surface area (Å²) in [5.74, 6) is 5.30. The van der Waals surface area contributed by atoms with E-state index < -0.39 is 5.60 Å². The number of halogens is 2. The molecule has 4 aromatic heterocycles. The Hall–Kier alpha value is -5.80. The largest absolute Gasteiger partial charge is 1.00 e. The first kappa shape index (κ1) is 57.1. The van der Waals surface area contributed by atoms with Crippen molar-refractivity contribution in [3.8, 4) is 0 Å². The van der Waals surface area contributed by atoms with Crippen LogP contribution in [0.3, 0.4) is 0 Å². The van der Waals surface area contributed by atoms with Crippen LogP contribution in [-0.2, 0) is 12.8 Å². The topological polar surface area (TPSA) is 94.1 Å². The molecular formula is C58H65Br2N10NaO. The summed E-state index contributed by atoms with van der Waals surface area (Å²) in [5.41, 5.74) is 8.13. The molecule has 8 aromatic rings. The molecule has 0 N–H and O–H groups in total. The van der Waals surface area contributed by atoms with Gasteiger partial charge in [-0.25, -0.2) is 19.9 Å². The van der Waals surface area contributed by atoms with Gasteiger partial charge in [-0.3, -0.25) is 0 Å². The van der Waals surface area contributed by atoms with Crippen molar-refractivity contribution in [1.29, 1.82) is 0 Å². The molecule has 0 aliphatic carbocycles. The van der Waals surface area contributed by atoms with Crippen molar-refractivity contribution in [1.82, 2.24) is 19.9 Å². The summed E-state index contributed by atoms with van der Waals surface area (Å²) in [7, 11) is 12.2. The van der Waals surface area contributed by atoms with Crippen LogP contribution < -0.4 is 64.1 Å². The van der Waals surface area contributed by atoms with Gasteiger partial charge in [0.1, 0.15) is 34.9 Å². The van der Waals surface area contributed by atoms with Gasteiger partial charge in [-0.05, 0) is 134 Å². The number of nitrogens with zero attached hydrogens (tertiary/aromatic N) is 10. The van der Waals surface area contributed by atoms with E-state index in [2.05, 4.69) is 162 Å². The van der Waals surface area contributed by atoms with Crippen LogP contribution in [0.2, 0.25) is 0 Å². The van der Waals surface area contributed by atoms with Crippen LogP contribution in [-0.4, -0.2) is 67.8 Å². The fourth-order valence-electron chi connectivity index (χ4n) is 7.26. The summed E-state index contributed by atoms with van der Waals surface area (Å²) < 4.78 is 2.18. The molecule has 9 rings (SSSR count). The Morgan fingerprint density at radius 3 is 1.11 bits per heavy atom. The second kappa shape index (κ2) is 26.8. The molecule has 1 aliphatic rings. The van der Waals surface area contributed by atoms with Gasteiger partial charge < -0.3 is 34.5 Å². The zero-order valence-corrected chi connectivity index (χ0v) is 48.9. The van der Waals surface area contributed by atoms with E-state index in [-0.39, 0.29) is 29.6 Å². The second-order valence-electron chi connectivity index (χ2n) is 17.9. The quantitative estimate of drug-likeness (QED) is 0.149. The number of benzene rings is 4. The van der Waals surface area contributed by atoms with Crippen LogP contribution >= 0.6 is 31.9 Å². The van der Waals surface area contributed by atoms with E-state index in [1.54, 1.807) is 20.8 Å². The van der Waals surface area contributed by atoms with E-state index in [4.69, 9.17) is 9.97 Å². The second-order valence-corrected chi connectivity index (χ2v) is 19.7. The zero-order chi connectivity index (χ0) is 51.2. The van der Waals surface area contributed by atoms with E-state index >= 15 is 0 Å². The van der Waals surface area contributed by atoms with Crippen molar-refractivity contribution < 1.29 is 34.7 Å². The molecule has 0 saturated carbocycles. The van der Waals surface area contributed by atoms with Gasteiger partial charge in [-0.1, -0.05) is 115 Å². The minimum atomic E-state index is -0.750. The molecule has 0 radical (unpaired) electrons. The monoisotopic (exact) mass is 1100 g/mol. The van der Waals surface area contributed by atoms with Crippen molar-refractivity contribution in [2.24, 2.45) is 0 Å². The molecule has 1 aliphatic heterocycles. The summed E-state index contributed by atoms with van der Waals surface area (Å²) in [6, 6.07) is 57.8. The van der Waals surface area contributed by atoms with Crippen LogP contribution in [0, 0.1) is 0 Å². The van der Waals surface area contributed by atoms with Crippen molar-refractivity contribution in [3.05, 3.63) is 190 Å².